The average molecular weight is 498 g/mol. The lowest BCUT2D eigenvalue weighted by Crippen LogP contribution is -2.18. The normalized spacial score (nSPS) is 11.2. The lowest BCUT2D eigenvalue weighted by molar-refractivity contribution is -0.137. The van der Waals surface area contributed by atoms with Crippen LogP contribution in [0.2, 0.25) is 0 Å². The molecule has 2 aromatic heterocycles. The third-order valence-corrected chi connectivity index (χ3v) is 5.70. The molecule has 0 radical (unpaired) electrons. The number of methoxy groups -OCH3 is 2. The Bertz CT molecular complexity index is 1290. The van der Waals surface area contributed by atoms with Crippen LogP contribution < -0.4 is 14.8 Å². The zero-order chi connectivity index (χ0) is 22.9. The highest BCUT2D eigenvalue weighted by Gasteiger charge is 2.33. The summed E-state index contributed by atoms with van der Waals surface area (Å²) in [7, 11) is 3.09. The highest BCUT2D eigenvalue weighted by molar-refractivity contribution is 7.15. The van der Waals surface area contributed by atoms with Crippen molar-refractivity contribution in [3.8, 4) is 22.8 Å². The van der Waals surface area contributed by atoms with Gasteiger partial charge < -0.3 is 14.8 Å². The van der Waals surface area contributed by atoms with E-state index in [1.165, 1.54) is 29.5 Å². The summed E-state index contributed by atoms with van der Waals surface area (Å²) in [5.41, 5.74) is 0.927. The SMILES string of the molecule is COc1ccc(-c2cn3c(CC(=O)Nc4ccccc4C(F)(F)F)csc3n2)cc1OC.Cl. The van der Waals surface area contributed by atoms with Gasteiger partial charge in [-0.05, 0) is 30.3 Å². The number of nitrogens with one attached hydrogen (secondary N) is 1. The standard InChI is InChI=1S/C22H18F3N3O3S.ClH/c1-30-18-8-7-13(9-19(18)31-2)17-11-28-14(12-32-21(28)27-17)10-20(29)26-16-6-4-3-5-15(16)22(23,24)25;/h3-9,11-12H,10H2,1-2H3,(H,26,29);1H. The average Bonchev–Trinajstić information content (AvgIpc) is 3.35. The number of hydrogen-bond donors (Lipinski definition) is 1. The molecule has 0 aliphatic heterocycles. The van der Waals surface area contributed by atoms with Crippen LogP contribution >= 0.6 is 23.7 Å². The first-order valence-electron chi connectivity index (χ1n) is 9.44. The van der Waals surface area contributed by atoms with Crippen LogP contribution in [0.5, 0.6) is 11.5 Å². The molecule has 4 rings (SSSR count). The van der Waals surface area contributed by atoms with E-state index in [2.05, 4.69) is 10.3 Å². The summed E-state index contributed by atoms with van der Waals surface area (Å²) in [4.78, 5) is 17.7. The number of rotatable bonds is 6. The number of ether oxygens (including phenoxy) is 2. The number of alkyl halides is 3. The number of benzene rings is 2. The first kappa shape index (κ1) is 24.4. The van der Waals surface area contributed by atoms with E-state index in [-0.39, 0.29) is 24.5 Å². The molecule has 174 valence electrons. The summed E-state index contributed by atoms with van der Waals surface area (Å²) in [6.45, 7) is 0. The van der Waals surface area contributed by atoms with Crippen LogP contribution in [-0.2, 0) is 17.4 Å². The van der Waals surface area contributed by atoms with Crippen LogP contribution in [0.25, 0.3) is 16.2 Å². The van der Waals surface area contributed by atoms with Gasteiger partial charge in [-0.2, -0.15) is 13.2 Å². The van der Waals surface area contributed by atoms with Crippen molar-refractivity contribution < 1.29 is 27.4 Å². The summed E-state index contributed by atoms with van der Waals surface area (Å²) in [5.74, 6) is 0.598. The van der Waals surface area contributed by atoms with E-state index in [0.717, 1.165) is 11.6 Å². The number of imidazole rings is 1. The van der Waals surface area contributed by atoms with Crippen molar-refractivity contribution in [1.29, 1.82) is 0 Å². The van der Waals surface area contributed by atoms with Crippen molar-refractivity contribution in [3.63, 3.8) is 0 Å². The molecule has 6 nitrogen and oxygen atoms in total. The third kappa shape index (κ3) is 5.07. The molecule has 0 atom stereocenters. The minimum atomic E-state index is -4.56. The Balaban J connectivity index is 0.00000306. The van der Waals surface area contributed by atoms with Gasteiger partial charge in [-0.1, -0.05) is 12.1 Å². The number of para-hydroxylation sites is 1. The maximum Gasteiger partial charge on any atom is 0.418 e. The van der Waals surface area contributed by atoms with Crippen molar-refractivity contribution >= 4 is 40.3 Å². The maximum atomic E-state index is 13.2. The van der Waals surface area contributed by atoms with Gasteiger partial charge in [0.25, 0.3) is 0 Å². The van der Waals surface area contributed by atoms with E-state index in [9.17, 15) is 18.0 Å². The molecule has 2 aromatic carbocycles. The third-order valence-electron chi connectivity index (χ3n) is 4.81. The van der Waals surface area contributed by atoms with E-state index in [1.807, 2.05) is 6.07 Å². The molecule has 2 heterocycles. The van der Waals surface area contributed by atoms with Gasteiger partial charge >= 0.3 is 6.18 Å². The Labute approximate surface area is 197 Å². The fourth-order valence-electron chi connectivity index (χ4n) is 3.29. The number of halogens is 4. The molecule has 1 N–H and O–H groups in total. The van der Waals surface area contributed by atoms with E-state index >= 15 is 0 Å². The predicted molar refractivity (Wildman–Crippen MR) is 123 cm³/mol. The van der Waals surface area contributed by atoms with Gasteiger partial charge in [-0.25, -0.2) is 4.98 Å². The predicted octanol–water partition coefficient (Wildman–Crippen LogP) is 5.70. The summed E-state index contributed by atoms with van der Waals surface area (Å²) in [6.07, 6.45) is -2.88. The summed E-state index contributed by atoms with van der Waals surface area (Å²) >= 11 is 1.34. The Hall–Kier alpha value is -3.24. The van der Waals surface area contributed by atoms with Crippen LogP contribution in [-0.4, -0.2) is 29.5 Å². The first-order valence-corrected chi connectivity index (χ1v) is 10.3. The molecular formula is C22H19ClF3N3O3S. The molecule has 4 aromatic rings. The Kier molecular flexibility index (Phi) is 7.19. The maximum absolute atomic E-state index is 13.2. The molecule has 1 amide bonds. The molecule has 0 spiro atoms. The van der Waals surface area contributed by atoms with Crippen LogP contribution in [0, 0.1) is 0 Å². The van der Waals surface area contributed by atoms with Gasteiger partial charge in [0.2, 0.25) is 5.91 Å². The highest BCUT2D eigenvalue weighted by Crippen LogP contribution is 2.35. The van der Waals surface area contributed by atoms with Crippen LogP contribution in [0.4, 0.5) is 18.9 Å². The van der Waals surface area contributed by atoms with E-state index in [4.69, 9.17) is 9.47 Å². The molecule has 0 fully saturated rings. The number of hydrogen-bond acceptors (Lipinski definition) is 5. The number of aromatic nitrogens is 2. The van der Waals surface area contributed by atoms with Gasteiger partial charge in [0.15, 0.2) is 16.5 Å². The van der Waals surface area contributed by atoms with Crippen LogP contribution in [0.1, 0.15) is 11.3 Å². The Morgan fingerprint density at radius 3 is 2.55 bits per heavy atom. The van der Waals surface area contributed by atoms with Crippen molar-refractivity contribution in [2.45, 2.75) is 12.6 Å². The Morgan fingerprint density at radius 2 is 1.85 bits per heavy atom. The van der Waals surface area contributed by atoms with E-state index < -0.39 is 17.6 Å². The minimum absolute atomic E-state index is 0. The number of carbonyl (C=O) groups is 1. The molecular weight excluding hydrogens is 479 g/mol. The first-order chi connectivity index (χ1) is 15.3. The molecule has 0 saturated heterocycles. The lowest BCUT2D eigenvalue weighted by Gasteiger charge is -2.13. The molecule has 0 saturated carbocycles. The smallest absolute Gasteiger partial charge is 0.418 e. The lowest BCUT2D eigenvalue weighted by atomic mass is 10.1. The second-order valence-corrected chi connectivity index (χ2v) is 7.68. The Morgan fingerprint density at radius 1 is 1.12 bits per heavy atom. The number of amides is 1. The molecule has 0 aliphatic rings. The van der Waals surface area contributed by atoms with Crippen molar-refractivity contribution in [1.82, 2.24) is 9.38 Å². The fourth-order valence-corrected chi connectivity index (χ4v) is 4.16. The number of carbonyl (C=O) groups excluding carboxylic acids is 1. The number of thiazole rings is 1. The second kappa shape index (κ2) is 9.72. The number of fused-ring (bicyclic) bond motifs is 1. The van der Waals surface area contributed by atoms with E-state index in [1.54, 1.807) is 42.3 Å². The van der Waals surface area contributed by atoms with Gasteiger partial charge in [0.1, 0.15) is 0 Å². The molecule has 11 heteroatoms. The zero-order valence-corrected chi connectivity index (χ0v) is 19.1. The topological polar surface area (TPSA) is 64.9 Å². The largest absolute Gasteiger partial charge is 0.493 e. The quantitative estimate of drug-likeness (QED) is 0.371. The minimum Gasteiger partial charge on any atom is -0.493 e. The zero-order valence-electron chi connectivity index (χ0n) is 17.5. The van der Waals surface area contributed by atoms with E-state index in [0.29, 0.717) is 27.8 Å². The van der Waals surface area contributed by atoms with Crippen LogP contribution in [0.15, 0.2) is 54.0 Å². The highest BCUT2D eigenvalue weighted by atomic mass is 35.5. The number of anilines is 1. The second-order valence-electron chi connectivity index (χ2n) is 6.84. The molecule has 33 heavy (non-hydrogen) atoms. The van der Waals surface area contributed by atoms with Crippen molar-refractivity contribution in [3.05, 3.63) is 65.3 Å². The molecule has 0 bridgehead atoms. The molecule has 0 unspecified atom stereocenters. The summed E-state index contributed by atoms with van der Waals surface area (Å²) in [6, 6.07) is 10.3. The molecule has 0 aliphatic carbocycles. The summed E-state index contributed by atoms with van der Waals surface area (Å²) < 4.78 is 51.8. The fraction of sp³-hybridized carbons (Fsp3) is 0.182. The van der Waals surface area contributed by atoms with Gasteiger partial charge in [0.05, 0.1) is 37.6 Å². The monoisotopic (exact) mass is 497 g/mol. The van der Waals surface area contributed by atoms with Gasteiger partial charge in [-0.15, -0.1) is 23.7 Å². The summed E-state index contributed by atoms with van der Waals surface area (Å²) in [5, 5.41) is 4.13. The van der Waals surface area contributed by atoms with Crippen molar-refractivity contribution in [2.75, 3.05) is 19.5 Å². The van der Waals surface area contributed by atoms with Crippen LogP contribution in [0.3, 0.4) is 0 Å². The number of nitrogens with zero attached hydrogens (tertiary/aromatic N) is 2. The van der Waals surface area contributed by atoms with Crippen molar-refractivity contribution in [2.24, 2.45) is 0 Å². The van der Waals surface area contributed by atoms with Gasteiger partial charge in [0, 0.05) is 22.8 Å². The van der Waals surface area contributed by atoms with Gasteiger partial charge in [-0.3, -0.25) is 9.20 Å².